The van der Waals surface area contributed by atoms with Crippen LogP contribution in [0.5, 0.6) is 0 Å². The topological polar surface area (TPSA) is 106 Å². The lowest BCUT2D eigenvalue weighted by molar-refractivity contribution is 0.601. The highest BCUT2D eigenvalue weighted by molar-refractivity contribution is 7.90. The number of hydrogen-bond acceptors (Lipinski definition) is 7. The van der Waals surface area contributed by atoms with Crippen molar-refractivity contribution < 1.29 is 8.42 Å². The van der Waals surface area contributed by atoms with Crippen LogP contribution in [0, 0.1) is 6.92 Å². The monoisotopic (exact) mass is 442 g/mol. The number of aryl methyl sites for hydroxylation is 2. The van der Waals surface area contributed by atoms with Gasteiger partial charge in [-0.05, 0) is 31.0 Å². The van der Waals surface area contributed by atoms with Gasteiger partial charge in [-0.1, -0.05) is 24.3 Å². The minimum Gasteiger partial charge on any atom is -0.315 e. The van der Waals surface area contributed by atoms with Crippen molar-refractivity contribution in [1.29, 1.82) is 0 Å². The molecular formula is C20H22N6O2S2. The SMILES string of the molecule is CCCc1nccn1-c1cc(-c2sc(Nc3cc[nH]n3)nc2C)ccc1S(C)(=O)=O. The molecule has 0 spiro atoms. The average Bonchev–Trinajstić information content (AvgIpc) is 3.43. The molecule has 0 bridgehead atoms. The lowest BCUT2D eigenvalue weighted by Crippen LogP contribution is -2.08. The van der Waals surface area contributed by atoms with Gasteiger partial charge in [0.2, 0.25) is 0 Å². The molecule has 4 aromatic rings. The maximum Gasteiger partial charge on any atom is 0.189 e. The van der Waals surface area contributed by atoms with Crippen molar-refractivity contribution in [3.8, 4) is 16.1 Å². The summed E-state index contributed by atoms with van der Waals surface area (Å²) < 4.78 is 26.8. The first-order valence-electron chi connectivity index (χ1n) is 9.48. The van der Waals surface area contributed by atoms with Gasteiger partial charge in [-0.3, -0.25) is 5.10 Å². The highest BCUT2D eigenvalue weighted by Gasteiger charge is 2.19. The minimum absolute atomic E-state index is 0.277. The van der Waals surface area contributed by atoms with Crippen LogP contribution in [0.4, 0.5) is 10.9 Å². The second kappa shape index (κ2) is 8.04. The fourth-order valence-corrected chi connectivity index (χ4v) is 5.10. The number of aromatic amines is 1. The molecule has 0 saturated heterocycles. The molecule has 156 valence electrons. The van der Waals surface area contributed by atoms with Gasteiger partial charge in [-0.25, -0.2) is 18.4 Å². The first-order chi connectivity index (χ1) is 14.4. The summed E-state index contributed by atoms with van der Waals surface area (Å²) in [5.41, 5.74) is 2.36. The number of imidazole rings is 1. The summed E-state index contributed by atoms with van der Waals surface area (Å²) in [5.74, 6) is 1.52. The Kier molecular flexibility index (Phi) is 5.44. The third-order valence-electron chi connectivity index (χ3n) is 4.60. The lowest BCUT2D eigenvalue weighted by Gasteiger charge is -2.13. The van der Waals surface area contributed by atoms with E-state index in [1.54, 1.807) is 18.5 Å². The molecule has 0 aliphatic carbocycles. The number of rotatable bonds is 7. The van der Waals surface area contributed by atoms with Crippen LogP contribution in [0.25, 0.3) is 16.1 Å². The van der Waals surface area contributed by atoms with Crippen molar-refractivity contribution >= 4 is 32.1 Å². The zero-order valence-electron chi connectivity index (χ0n) is 16.9. The van der Waals surface area contributed by atoms with Crippen molar-refractivity contribution in [3.05, 3.63) is 54.4 Å². The highest BCUT2D eigenvalue weighted by Crippen LogP contribution is 2.36. The van der Waals surface area contributed by atoms with E-state index in [0.717, 1.165) is 39.9 Å². The number of benzene rings is 1. The zero-order chi connectivity index (χ0) is 21.3. The van der Waals surface area contributed by atoms with Crippen molar-refractivity contribution in [1.82, 2.24) is 24.7 Å². The maximum absolute atomic E-state index is 12.5. The highest BCUT2D eigenvalue weighted by atomic mass is 32.2. The van der Waals surface area contributed by atoms with Crippen LogP contribution in [-0.4, -0.2) is 39.4 Å². The van der Waals surface area contributed by atoms with Gasteiger partial charge in [0.05, 0.1) is 21.2 Å². The molecule has 0 atom stereocenters. The first-order valence-corrected chi connectivity index (χ1v) is 12.2. The van der Waals surface area contributed by atoms with E-state index in [1.807, 2.05) is 35.9 Å². The van der Waals surface area contributed by atoms with Crippen molar-refractivity contribution in [2.75, 3.05) is 11.6 Å². The molecule has 0 radical (unpaired) electrons. The van der Waals surface area contributed by atoms with E-state index in [0.29, 0.717) is 11.5 Å². The molecular weight excluding hydrogens is 420 g/mol. The molecule has 2 N–H and O–H groups in total. The van der Waals surface area contributed by atoms with Gasteiger partial charge in [-0.15, -0.1) is 0 Å². The number of thiazole rings is 1. The van der Waals surface area contributed by atoms with E-state index < -0.39 is 9.84 Å². The van der Waals surface area contributed by atoms with Crippen LogP contribution in [0.1, 0.15) is 24.9 Å². The van der Waals surface area contributed by atoms with Crippen LogP contribution < -0.4 is 5.32 Å². The second-order valence-corrected chi connectivity index (χ2v) is 9.92. The fourth-order valence-electron chi connectivity index (χ4n) is 3.28. The van der Waals surface area contributed by atoms with Gasteiger partial charge in [0.25, 0.3) is 0 Å². The Morgan fingerprint density at radius 3 is 2.80 bits per heavy atom. The van der Waals surface area contributed by atoms with Crippen molar-refractivity contribution in [3.63, 3.8) is 0 Å². The Labute approximate surface area is 178 Å². The summed E-state index contributed by atoms with van der Waals surface area (Å²) in [4.78, 5) is 10.2. The smallest absolute Gasteiger partial charge is 0.189 e. The molecule has 0 aliphatic rings. The second-order valence-electron chi connectivity index (χ2n) is 6.94. The van der Waals surface area contributed by atoms with Gasteiger partial charge in [-0.2, -0.15) is 5.10 Å². The van der Waals surface area contributed by atoms with Gasteiger partial charge in [0, 0.05) is 37.3 Å². The maximum atomic E-state index is 12.5. The molecule has 0 aliphatic heterocycles. The summed E-state index contributed by atoms with van der Waals surface area (Å²) in [6.07, 6.45) is 8.15. The standard InChI is InChI=1S/C20H22N6O2S2/c1-4-5-18-21-10-11-26(18)15-12-14(6-7-16(15)30(3,27)28)19-13(2)23-20(29-19)24-17-8-9-22-25-17/h6-12H,4-5H2,1-3H3,(H2,22,23,24,25). The number of sulfone groups is 1. The molecule has 30 heavy (non-hydrogen) atoms. The van der Waals surface area contributed by atoms with Crippen LogP contribution in [-0.2, 0) is 16.3 Å². The van der Waals surface area contributed by atoms with E-state index >= 15 is 0 Å². The van der Waals surface area contributed by atoms with Crippen molar-refractivity contribution in [2.24, 2.45) is 0 Å². The Bertz CT molecular complexity index is 1270. The van der Waals surface area contributed by atoms with Crippen LogP contribution in [0.15, 0.2) is 47.8 Å². The molecule has 0 amide bonds. The Balaban J connectivity index is 1.81. The molecule has 3 aromatic heterocycles. The van der Waals surface area contributed by atoms with E-state index in [1.165, 1.54) is 17.6 Å². The van der Waals surface area contributed by atoms with Gasteiger partial charge in [0.15, 0.2) is 20.8 Å². The lowest BCUT2D eigenvalue weighted by atomic mass is 10.1. The van der Waals surface area contributed by atoms with Crippen LogP contribution in [0.3, 0.4) is 0 Å². The summed E-state index contributed by atoms with van der Waals surface area (Å²) >= 11 is 1.49. The predicted molar refractivity (Wildman–Crippen MR) is 118 cm³/mol. The summed E-state index contributed by atoms with van der Waals surface area (Å²) in [7, 11) is -3.41. The molecule has 4 rings (SSSR count). The number of nitrogens with one attached hydrogen (secondary N) is 2. The molecule has 10 heteroatoms. The molecule has 0 unspecified atom stereocenters. The van der Waals surface area contributed by atoms with E-state index in [2.05, 4.69) is 32.4 Å². The molecule has 0 saturated carbocycles. The minimum atomic E-state index is -3.41. The number of nitrogens with zero attached hydrogens (tertiary/aromatic N) is 4. The molecule has 8 nitrogen and oxygen atoms in total. The number of H-pyrrole nitrogens is 1. The summed E-state index contributed by atoms with van der Waals surface area (Å²) in [6.45, 7) is 4.01. The van der Waals surface area contributed by atoms with Crippen molar-refractivity contribution in [2.45, 2.75) is 31.6 Å². The normalized spacial score (nSPS) is 11.7. The molecule has 1 aromatic carbocycles. The number of anilines is 2. The fraction of sp³-hybridized carbons (Fsp3) is 0.250. The Hall–Kier alpha value is -2.98. The third-order valence-corrected chi connectivity index (χ3v) is 6.87. The largest absolute Gasteiger partial charge is 0.315 e. The first kappa shape index (κ1) is 20.3. The predicted octanol–water partition coefficient (Wildman–Crippen LogP) is 4.13. The number of hydrogen-bond donors (Lipinski definition) is 2. The van der Waals surface area contributed by atoms with Crippen LogP contribution >= 0.6 is 11.3 Å². The van der Waals surface area contributed by atoms with E-state index in [9.17, 15) is 8.42 Å². The number of aromatic nitrogens is 5. The summed E-state index contributed by atoms with van der Waals surface area (Å²) in [6, 6.07) is 7.21. The molecule has 0 fully saturated rings. The van der Waals surface area contributed by atoms with E-state index in [4.69, 9.17) is 0 Å². The van der Waals surface area contributed by atoms with Gasteiger partial charge < -0.3 is 9.88 Å². The van der Waals surface area contributed by atoms with E-state index in [-0.39, 0.29) is 4.90 Å². The average molecular weight is 443 g/mol. The third kappa shape index (κ3) is 4.01. The zero-order valence-corrected chi connectivity index (χ0v) is 18.5. The quantitative estimate of drug-likeness (QED) is 0.446. The Morgan fingerprint density at radius 1 is 1.27 bits per heavy atom. The molecule has 3 heterocycles. The van der Waals surface area contributed by atoms with Crippen LogP contribution in [0.2, 0.25) is 0 Å². The van der Waals surface area contributed by atoms with Gasteiger partial charge in [0.1, 0.15) is 5.82 Å². The summed E-state index contributed by atoms with van der Waals surface area (Å²) in [5, 5.41) is 10.7. The Morgan fingerprint density at radius 2 is 2.10 bits per heavy atom. The van der Waals surface area contributed by atoms with Gasteiger partial charge >= 0.3 is 0 Å².